The first-order valence-electron chi connectivity index (χ1n) is 8.55. The van der Waals surface area contributed by atoms with Gasteiger partial charge in [-0.2, -0.15) is 0 Å². The molecule has 0 aliphatic carbocycles. The molecule has 0 N–H and O–H groups in total. The molecule has 0 atom stereocenters. The molecule has 3 aromatic rings. The Hall–Kier alpha value is 2.15. The number of carbonyl (C=O) groups is 1. The first-order valence-corrected chi connectivity index (χ1v) is 10.3. The first-order chi connectivity index (χ1) is 13.3. The summed E-state index contributed by atoms with van der Waals surface area (Å²) in [6.07, 6.45) is -1.31. The van der Waals surface area contributed by atoms with Crippen molar-refractivity contribution in [1.29, 1.82) is 0 Å². The minimum absolute atomic E-state index is 0. The molecular weight excluding hydrogens is 495 g/mol. The number of benzene rings is 3. The third-order valence-corrected chi connectivity index (χ3v) is 4.82. The summed E-state index contributed by atoms with van der Waals surface area (Å²) in [7, 11) is -5.06. The molecule has 31 heavy (non-hydrogen) atoms. The Kier molecular flexibility index (Phi) is 17.1. The van der Waals surface area contributed by atoms with Crippen molar-refractivity contribution in [3.05, 3.63) is 89.6 Å². The van der Waals surface area contributed by atoms with Gasteiger partial charge >= 0.3 is 154 Å². The van der Waals surface area contributed by atoms with E-state index in [4.69, 9.17) is 0 Å². The summed E-state index contributed by atoms with van der Waals surface area (Å²) in [5.74, 6) is -1.26. The normalized spacial score (nSPS) is 10.2. The van der Waals surface area contributed by atoms with Crippen LogP contribution in [-0.4, -0.2) is 17.1 Å². The number of hydrogen-bond acceptors (Lipinski definition) is 5. The fraction of sp³-hybridized carbons (Fsp3) is 0.0952. The largest absolute Gasteiger partial charge is 1.00 e. The van der Waals surface area contributed by atoms with Crippen molar-refractivity contribution in [3.8, 4) is 22.3 Å². The predicted molar refractivity (Wildman–Crippen MR) is 104 cm³/mol. The molecule has 0 unspecified atom stereocenters. The van der Waals surface area contributed by atoms with E-state index in [1.54, 1.807) is 18.2 Å². The van der Waals surface area contributed by atoms with Crippen molar-refractivity contribution >= 4 is 13.5 Å². The van der Waals surface area contributed by atoms with E-state index < -0.39 is 19.7 Å². The second-order valence-corrected chi connectivity index (χ2v) is 7.88. The van der Waals surface area contributed by atoms with E-state index in [2.05, 4.69) is 0 Å². The van der Waals surface area contributed by atoms with Crippen LogP contribution in [0.15, 0.2) is 78.9 Å². The molecule has 0 aromatic heterocycles. The summed E-state index contributed by atoms with van der Waals surface area (Å²) >= 11 is 0. The van der Waals surface area contributed by atoms with Crippen LogP contribution in [0.4, 0.5) is 0 Å². The number of amides is 1. The molecule has 0 heterocycles. The monoisotopic (exact) mass is 511 g/mol. The molecule has 144 valence electrons. The predicted octanol–water partition coefficient (Wildman–Crippen LogP) is -6.23. The van der Waals surface area contributed by atoms with E-state index in [0.29, 0.717) is 5.56 Å². The van der Waals surface area contributed by atoms with Gasteiger partial charge in [-0.1, -0.05) is 74.3 Å². The molecule has 6 nitrogen and oxygen atoms in total. The maximum absolute atomic E-state index is 11.8. The van der Waals surface area contributed by atoms with Crippen LogP contribution in [0.1, 0.15) is 5.56 Å². The minimum atomic E-state index is -5.06. The smallest absolute Gasteiger partial charge is 0.810 e. The van der Waals surface area contributed by atoms with E-state index in [0.717, 1.165) is 22.3 Å². The zero-order valence-corrected chi connectivity index (χ0v) is 28.1. The van der Waals surface area contributed by atoms with E-state index in [-0.39, 0.29) is 166 Å². The number of nitrogens with zero attached hydrogens (tertiary/aromatic N) is 1. The van der Waals surface area contributed by atoms with Gasteiger partial charge in [0.2, 0.25) is 5.91 Å². The van der Waals surface area contributed by atoms with Crippen molar-refractivity contribution in [2.24, 2.45) is 0 Å². The van der Waals surface area contributed by atoms with Crippen LogP contribution in [0.25, 0.3) is 22.3 Å². The Morgan fingerprint density at radius 2 is 1.23 bits per heavy atom. The molecule has 10 heteroatoms. The average molecular weight is 512 g/mol. The van der Waals surface area contributed by atoms with Gasteiger partial charge in [0.15, 0.2) is 0 Å². The number of carbonyl (C=O) groups excluding carboxylic acids is 1. The third-order valence-electron chi connectivity index (χ3n) is 4.16. The Bertz CT molecular complexity index is 1030. The summed E-state index contributed by atoms with van der Waals surface area (Å²) in [5, 5.41) is 11.8. The number of hydrogen-bond donors (Lipinski definition) is 0. The van der Waals surface area contributed by atoms with E-state index >= 15 is 0 Å². The quantitative estimate of drug-likeness (QED) is 0.186. The number of rotatable bonds is 6. The second-order valence-electron chi connectivity index (χ2n) is 6.35. The van der Waals surface area contributed by atoms with Crippen molar-refractivity contribution in [3.63, 3.8) is 0 Å². The van der Waals surface area contributed by atoms with Gasteiger partial charge < -0.3 is 24.6 Å². The van der Waals surface area contributed by atoms with Crippen LogP contribution in [-0.2, 0) is 15.9 Å². The van der Waals surface area contributed by atoms with Crippen LogP contribution in [0.3, 0.4) is 0 Å². The molecule has 0 saturated heterocycles. The molecule has 0 bridgehead atoms. The van der Waals surface area contributed by atoms with Crippen molar-refractivity contribution in [2.45, 2.75) is 6.54 Å². The zero-order chi connectivity index (χ0) is 20.1. The van der Waals surface area contributed by atoms with Crippen molar-refractivity contribution < 1.29 is 173 Å². The molecule has 0 aliphatic rings. The average Bonchev–Trinajstić information content (AvgIpc) is 2.68. The summed E-state index contributed by atoms with van der Waals surface area (Å²) < 4.78 is 10.7. The van der Waals surface area contributed by atoms with Crippen LogP contribution in [0.2, 0.25) is 0 Å². The molecule has 0 spiro atoms. The van der Waals surface area contributed by atoms with Crippen LogP contribution in [0.5, 0.6) is 0 Å². The number of hydroxylamine groups is 2. The van der Waals surface area contributed by atoms with Gasteiger partial charge in [0, 0.05) is 6.54 Å². The second kappa shape index (κ2) is 16.0. The third kappa shape index (κ3) is 11.2. The van der Waals surface area contributed by atoms with E-state index in [1.165, 1.54) is 0 Å². The maximum atomic E-state index is 11.8. The topological polar surface area (TPSA) is 107 Å². The van der Waals surface area contributed by atoms with E-state index in [9.17, 15) is 24.4 Å². The van der Waals surface area contributed by atoms with Gasteiger partial charge in [0.05, 0.1) is 6.16 Å². The van der Waals surface area contributed by atoms with Gasteiger partial charge in [0.1, 0.15) is 0 Å². The minimum Gasteiger partial charge on any atom is -0.810 e. The Labute approximate surface area is 309 Å². The molecule has 0 radical (unpaired) electrons. The standard InChI is InChI=1S/C21H19NO5P.3K/c23-21(15-28(25,26)27)22(24)14-16-6-4-9-18(12-16)20-11-5-10-19(13-20)17-7-2-1-3-8-17;;;/h1-13H,14-15H2,(H2,25,26,27);;;/q-1;3*+1/p-2. The van der Waals surface area contributed by atoms with Crippen molar-refractivity contribution in [1.82, 2.24) is 5.06 Å². The molecule has 0 aliphatic heterocycles. The Balaban J connectivity index is 0.00000300. The van der Waals surface area contributed by atoms with E-state index in [1.807, 2.05) is 60.7 Å². The molecular formula is C21H17K3NO5P. The molecule has 3 aromatic carbocycles. The zero-order valence-electron chi connectivity index (χ0n) is 17.9. The SMILES string of the molecule is O=C(CP(=O)([O-])[O-])N([O-])Cc1cccc(-c2cccc(-c3ccccc3)c2)c1.[K+].[K+].[K+]. The summed E-state index contributed by atoms with van der Waals surface area (Å²) in [6, 6.07) is 24.9. The molecule has 0 fully saturated rings. The van der Waals surface area contributed by atoms with Crippen molar-refractivity contribution in [2.75, 3.05) is 6.16 Å². The fourth-order valence-corrected chi connectivity index (χ4v) is 3.35. The molecule has 0 saturated carbocycles. The van der Waals surface area contributed by atoms with Gasteiger partial charge in [-0.25, -0.2) is 0 Å². The molecule has 3 rings (SSSR count). The first kappa shape index (κ1) is 33.1. The van der Waals surface area contributed by atoms with Crippen LogP contribution < -0.4 is 164 Å². The fourth-order valence-electron chi connectivity index (χ4n) is 2.86. The summed E-state index contributed by atoms with van der Waals surface area (Å²) in [5.41, 5.74) is 4.46. The summed E-state index contributed by atoms with van der Waals surface area (Å²) in [4.78, 5) is 32.9. The van der Waals surface area contributed by atoms with Crippen LogP contribution >= 0.6 is 7.60 Å². The Morgan fingerprint density at radius 1 is 0.742 bits per heavy atom. The summed E-state index contributed by atoms with van der Waals surface area (Å²) in [6.45, 7) is -0.328. The molecule has 1 amide bonds. The van der Waals surface area contributed by atoms with Crippen LogP contribution in [0, 0.1) is 5.21 Å². The van der Waals surface area contributed by atoms with Gasteiger partial charge in [-0.05, 0) is 39.9 Å². The van der Waals surface area contributed by atoms with Gasteiger partial charge in [-0.3, -0.25) is 4.79 Å². The Morgan fingerprint density at radius 3 is 1.81 bits per heavy atom. The van der Waals surface area contributed by atoms with Gasteiger partial charge in [0.25, 0.3) is 0 Å². The van der Waals surface area contributed by atoms with Gasteiger partial charge in [-0.15, -0.1) is 0 Å². The maximum Gasteiger partial charge on any atom is 1.00 e.